The molecule has 0 saturated carbocycles. The zero-order valence-electron chi connectivity index (χ0n) is 10.8. The fraction of sp³-hybridized carbons (Fsp3) is 0.286. The highest BCUT2D eigenvalue weighted by Crippen LogP contribution is 2.21. The van der Waals surface area contributed by atoms with Crippen molar-refractivity contribution in [3.8, 4) is 0 Å². The number of nitrogens with zero attached hydrogens (tertiary/aromatic N) is 3. The van der Waals surface area contributed by atoms with Gasteiger partial charge < -0.3 is 9.80 Å². The summed E-state index contributed by atoms with van der Waals surface area (Å²) in [6.45, 7) is 3.15. The number of benzene rings is 1. The van der Waals surface area contributed by atoms with Gasteiger partial charge >= 0.3 is 0 Å². The largest absolute Gasteiger partial charge is 0.345 e. The van der Waals surface area contributed by atoms with Gasteiger partial charge in [0.2, 0.25) is 0 Å². The SMILES string of the molecule is O=C(c1ccccc1Br)N1CCN(c2nccs2)CC1. The van der Waals surface area contributed by atoms with Crippen LogP contribution in [0.15, 0.2) is 40.3 Å². The average Bonchev–Trinajstić information content (AvgIpc) is 3.01. The van der Waals surface area contributed by atoms with Gasteiger partial charge in [-0.1, -0.05) is 12.1 Å². The summed E-state index contributed by atoms with van der Waals surface area (Å²) in [5.41, 5.74) is 0.732. The van der Waals surface area contributed by atoms with E-state index >= 15 is 0 Å². The number of amides is 1. The average molecular weight is 352 g/mol. The third-order valence-electron chi connectivity index (χ3n) is 3.36. The minimum atomic E-state index is 0.0938. The predicted molar refractivity (Wildman–Crippen MR) is 84.4 cm³/mol. The number of aromatic nitrogens is 1. The molecule has 0 unspecified atom stereocenters. The van der Waals surface area contributed by atoms with Gasteiger partial charge in [-0.25, -0.2) is 4.98 Å². The topological polar surface area (TPSA) is 36.4 Å². The molecule has 0 N–H and O–H groups in total. The Labute approximate surface area is 130 Å². The van der Waals surface area contributed by atoms with E-state index in [1.165, 1.54) is 0 Å². The summed E-state index contributed by atoms with van der Waals surface area (Å²) in [5, 5.41) is 3.02. The van der Waals surface area contributed by atoms with Gasteiger partial charge in [-0.3, -0.25) is 4.79 Å². The van der Waals surface area contributed by atoms with Crippen LogP contribution < -0.4 is 4.90 Å². The normalized spacial score (nSPS) is 15.4. The number of anilines is 1. The van der Waals surface area contributed by atoms with Crippen LogP contribution in [-0.4, -0.2) is 42.0 Å². The maximum atomic E-state index is 12.5. The van der Waals surface area contributed by atoms with Crippen LogP contribution in [-0.2, 0) is 0 Å². The molecule has 1 aromatic heterocycles. The first-order valence-corrected chi connectivity index (χ1v) is 8.11. The van der Waals surface area contributed by atoms with E-state index in [2.05, 4.69) is 25.8 Å². The summed E-state index contributed by atoms with van der Waals surface area (Å²) in [4.78, 5) is 20.9. The monoisotopic (exact) mass is 351 g/mol. The standard InChI is InChI=1S/C14H14BrN3OS/c15-12-4-2-1-3-11(12)13(19)17-6-8-18(9-7-17)14-16-5-10-20-14/h1-5,10H,6-9H2. The zero-order valence-corrected chi connectivity index (χ0v) is 13.2. The van der Waals surface area contributed by atoms with E-state index in [9.17, 15) is 4.79 Å². The Hall–Kier alpha value is -1.40. The molecule has 1 saturated heterocycles. The molecule has 3 rings (SSSR count). The van der Waals surface area contributed by atoms with Crippen molar-refractivity contribution in [3.05, 3.63) is 45.9 Å². The van der Waals surface area contributed by atoms with Crippen LogP contribution in [0.3, 0.4) is 0 Å². The second kappa shape index (κ2) is 5.93. The molecule has 0 atom stereocenters. The lowest BCUT2D eigenvalue weighted by Crippen LogP contribution is -2.48. The van der Waals surface area contributed by atoms with Gasteiger partial charge in [-0.2, -0.15) is 0 Å². The minimum Gasteiger partial charge on any atom is -0.345 e. The van der Waals surface area contributed by atoms with E-state index in [1.54, 1.807) is 11.3 Å². The molecule has 104 valence electrons. The molecule has 1 amide bonds. The Balaban J connectivity index is 1.66. The molecule has 0 bridgehead atoms. The van der Waals surface area contributed by atoms with Gasteiger partial charge in [0, 0.05) is 42.2 Å². The summed E-state index contributed by atoms with van der Waals surface area (Å²) < 4.78 is 0.854. The van der Waals surface area contributed by atoms with Crippen LogP contribution >= 0.6 is 27.3 Å². The van der Waals surface area contributed by atoms with Gasteiger partial charge in [0.15, 0.2) is 5.13 Å². The summed E-state index contributed by atoms with van der Waals surface area (Å²) in [5.74, 6) is 0.0938. The zero-order chi connectivity index (χ0) is 13.9. The van der Waals surface area contributed by atoms with Crippen molar-refractivity contribution in [2.45, 2.75) is 0 Å². The van der Waals surface area contributed by atoms with Gasteiger partial charge in [0.05, 0.1) is 5.56 Å². The summed E-state index contributed by atoms with van der Waals surface area (Å²) in [6.07, 6.45) is 1.82. The van der Waals surface area contributed by atoms with Crippen LogP contribution in [0.4, 0.5) is 5.13 Å². The predicted octanol–water partition coefficient (Wildman–Crippen LogP) is 2.87. The van der Waals surface area contributed by atoms with Crippen LogP contribution in [0.1, 0.15) is 10.4 Å². The van der Waals surface area contributed by atoms with Crippen LogP contribution in [0.25, 0.3) is 0 Å². The van der Waals surface area contributed by atoms with Crippen molar-refractivity contribution >= 4 is 38.3 Å². The van der Waals surface area contributed by atoms with Crippen molar-refractivity contribution < 1.29 is 4.79 Å². The summed E-state index contributed by atoms with van der Waals surface area (Å²) in [7, 11) is 0. The van der Waals surface area contributed by atoms with Crippen LogP contribution in [0, 0.1) is 0 Å². The van der Waals surface area contributed by atoms with Crippen molar-refractivity contribution in [1.82, 2.24) is 9.88 Å². The number of rotatable bonds is 2. The highest BCUT2D eigenvalue weighted by Gasteiger charge is 2.24. The van der Waals surface area contributed by atoms with Crippen molar-refractivity contribution in [3.63, 3.8) is 0 Å². The maximum absolute atomic E-state index is 12.5. The molecule has 0 aliphatic carbocycles. The van der Waals surface area contributed by atoms with E-state index in [0.717, 1.165) is 41.3 Å². The molecule has 1 aromatic carbocycles. The third-order valence-corrected chi connectivity index (χ3v) is 4.88. The Morgan fingerprint density at radius 1 is 1.20 bits per heavy atom. The molecule has 2 aromatic rings. The molecule has 20 heavy (non-hydrogen) atoms. The van der Waals surface area contributed by atoms with Gasteiger partial charge in [0.1, 0.15) is 0 Å². The molecular weight excluding hydrogens is 338 g/mol. The highest BCUT2D eigenvalue weighted by atomic mass is 79.9. The van der Waals surface area contributed by atoms with Crippen molar-refractivity contribution in [2.75, 3.05) is 31.1 Å². The van der Waals surface area contributed by atoms with Gasteiger partial charge in [-0.15, -0.1) is 11.3 Å². The summed E-state index contributed by atoms with van der Waals surface area (Å²) >= 11 is 5.08. The molecule has 1 aliphatic rings. The molecule has 0 radical (unpaired) electrons. The first-order valence-electron chi connectivity index (χ1n) is 6.44. The number of halogens is 1. The Bertz CT molecular complexity index is 594. The van der Waals surface area contributed by atoms with Gasteiger partial charge in [0.25, 0.3) is 5.91 Å². The van der Waals surface area contributed by atoms with E-state index < -0.39 is 0 Å². The fourth-order valence-corrected chi connectivity index (χ4v) is 3.43. The second-order valence-electron chi connectivity index (χ2n) is 4.57. The molecule has 6 heteroatoms. The van der Waals surface area contributed by atoms with Gasteiger partial charge in [-0.05, 0) is 28.1 Å². The number of hydrogen-bond acceptors (Lipinski definition) is 4. The smallest absolute Gasteiger partial charge is 0.255 e. The van der Waals surface area contributed by atoms with E-state index in [-0.39, 0.29) is 5.91 Å². The molecule has 1 aliphatic heterocycles. The maximum Gasteiger partial charge on any atom is 0.255 e. The van der Waals surface area contributed by atoms with E-state index in [0.29, 0.717) is 0 Å². The Morgan fingerprint density at radius 3 is 2.60 bits per heavy atom. The van der Waals surface area contributed by atoms with Crippen molar-refractivity contribution in [2.24, 2.45) is 0 Å². The summed E-state index contributed by atoms with van der Waals surface area (Å²) in [6, 6.07) is 7.57. The lowest BCUT2D eigenvalue weighted by atomic mass is 10.2. The second-order valence-corrected chi connectivity index (χ2v) is 6.30. The highest BCUT2D eigenvalue weighted by molar-refractivity contribution is 9.10. The number of carbonyl (C=O) groups is 1. The number of carbonyl (C=O) groups excluding carboxylic acids is 1. The van der Waals surface area contributed by atoms with E-state index in [1.807, 2.05) is 40.7 Å². The molecule has 1 fully saturated rings. The quantitative estimate of drug-likeness (QED) is 0.834. The fourth-order valence-electron chi connectivity index (χ4n) is 2.28. The number of thiazole rings is 1. The first kappa shape index (κ1) is 13.6. The Kier molecular flexibility index (Phi) is 4.03. The lowest BCUT2D eigenvalue weighted by Gasteiger charge is -2.34. The molecule has 2 heterocycles. The molecule has 4 nitrogen and oxygen atoms in total. The van der Waals surface area contributed by atoms with Crippen LogP contribution in [0.5, 0.6) is 0 Å². The Morgan fingerprint density at radius 2 is 1.95 bits per heavy atom. The number of piperazine rings is 1. The molecular formula is C14H14BrN3OS. The minimum absolute atomic E-state index is 0.0938. The van der Waals surface area contributed by atoms with Crippen molar-refractivity contribution in [1.29, 1.82) is 0 Å². The lowest BCUT2D eigenvalue weighted by molar-refractivity contribution is 0.0746. The third kappa shape index (κ3) is 2.71. The van der Waals surface area contributed by atoms with Crippen LogP contribution in [0.2, 0.25) is 0 Å². The first-order chi connectivity index (χ1) is 9.75. The molecule has 0 spiro atoms. The van der Waals surface area contributed by atoms with E-state index in [4.69, 9.17) is 0 Å². The number of hydrogen-bond donors (Lipinski definition) is 0.